The zero-order chi connectivity index (χ0) is 11.7. The molecule has 0 saturated carbocycles. The first-order valence-corrected chi connectivity index (χ1v) is 8.03. The third kappa shape index (κ3) is 3.71. The summed E-state index contributed by atoms with van der Waals surface area (Å²) in [5.41, 5.74) is 0. The van der Waals surface area contributed by atoms with Crippen LogP contribution in [0.2, 0.25) is 0 Å². The highest BCUT2D eigenvalue weighted by molar-refractivity contribution is 7.89. The van der Waals surface area contributed by atoms with Gasteiger partial charge < -0.3 is 0 Å². The van der Waals surface area contributed by atoms with Crippen LogP contribution < -0.4 is 0 Å². The van der Waals surface area contributed by atoms with Gasteiger partial charge in [0.15, 0.2) is 0 Å². The lowest BCUT2D eigenvalue weighted by Gasteiger charge is -2.36. The molecule has 0 spiro atoms. The van der Waals surface area contributed by atoms with Crippen LogP contribution in [0, 0.1) is 0 Å². The molecule has 1 rings (SSSR count). The number of hydrogen-bond acceptors (Lipinski definition) is 5. The Balaban J connectivity index is 2.45. The summed E-state index contributed by atoms with van der Waals surface area (Å²) < 4.78 is 50.2. The molecule has 0 aromatic heterocycles. The van der Waals surface area contributed by atoms with Crippen molar-refractivity contribution >= 4 is 20.1 Å². The van der Waals surface area contributed by atoms with Crippen molar-refractivity contribution in [3.63, 3.8) is 0 Å². The topological polar surface area (TPSA) is 80.8 Å². The molecule has 1 fully saturated rings. The minimum absolute atomic E-state index is 0.0958. The van der Waals surface area contributed by atoms with Crippen LogP contribution in [0.3, 0.4) is 0 Å². The monoisotopic (exact) mass is 257 g/mol. The molecule has 8 heteroatoms. The maximum Gasteiger partial charge on any atom is 0.264 e. The first-order valence-electron chi connectivity index (χ1n) is 4.60. The van der Waals surface area contributed by atoms with E-state index in [9.17, 15) is 16.8 Å². The maximum atomic E-state index is 11.4. The van der Waals surface area contributed by atoms with E-state index in [2.05, 4.69) is 4.18 Å². The molecule has 90 valence electrons. The third-order valence-corrected chi connectivity index (χ3v) is 4.61. The average Bonchev–Trinajstić information content (AvgIpc) is 1.93. The van der Waals surface area contributed by atoms with Crippen LogP contribution in [0.4, 0.5) is 0 Å². The highest BCUT2D eigenvalue weighted by atomic mass is 32.2. The zero-order valence-corrected chi connectivity index (χ0v) is 10.3. The molecule has 0 bridgehead atoms. The summed E-state index contributed by atoms with van der Waals surface area (Å²) in [5, 5.41) is 0. The van der Waals surface area contributed by atoms with Gasteiger partial charge in [-0.2, -0.15) is 12.7 Å². The molecule has 6 nitrogen and oxygen atoms in total. The van der Waals surface area contributed by atoms with Gasteiger partial charge in [-0.15, -0.1) is 0 Å². The lowest BCUT2D eigenvalue weighted by molar-refractivity contribution is 0.0830. The van der Waals surface area contributed by atoms with Crippen molar-refractivity contribution in [1.29, 1.82) is 0 Å². The van der Waals surface area contributed by atoms with Crippen LogP contribution in [0.15, 0.2) is 0 Å². The molecule has 1 saturated heterocycles. The first kappa shape index (κ1) is 12.9. The number of rotatable bonds is 5. The van der Waals surface area contributed by atoms with Crippen molar-refractivity contribution < 1.29 is 21.0 Å². The summed E-state index contributed by atoms with van der Waals surface area (Å²) >= 11 is 0. The predicted molar refractivity (Wildman–Crippen MR) is 55.4 cm³/mol. The second-order valence-electron chi connectivity index (χ2n) is 3.56. The van der Waals surface area contributed by atoms with Crippen molar-refractivity contribution in [3.05, 3.63) is 0 Å². The first-order chi connectivity index (χ1) is 6.74. The quantitative estimate of drug-likeness (QED) is 0.614. The SMILES string of the molecule is CCCS(=O)(=O)N1CC(OS(C)(=O)=O)C1. The fraction of sp³-hybridized carbons (Fsp3) is 1.00. The molecule has 15 heavy (non-hydrogen) atoms. The molecule has 0 amide bonds. The summed E-state index contributed by atoms with van der Waals surface area (Å²) in [5.74, 6) is 0.0958. The van der Waals surface area contributed by atoms with Gasteiger partial charge in [0.05, 0.1) is 12.0 Å². The van der Waals surface area contributed by atoms with E-state index in [1.807, 2.05) is 0 Å². The fourth-order valence-corrected chi connectivity index (χ4v) is 3.50. The molecule has 0 aromatic rings. The summed E-state index contributed by atoms with van der Waals surface area (Å²) in [6.07, 6.45) is 0.985. The molecule has 1 aliphatic rings. The largest absolute Gasteiger partial charge is 0.264 e. The van der Waals surface area contributed by atoms with Crippen molar-refractivity contribution in [2.24, 2.45) is 0 Å². The minimum atomic E-state index is -3.49. The standard InChI is InChI=1S/C7H15NO5S2/c1-3-4-15(11,12)8-5-7(6-8)13-14(2,9)10/h7H,3-6H2,1-2H3. The van der Waals surface area contributed by atoms with E-state index in [-0.39, 0.29) is 18.8 Å². The lowest BCUT2D eigenvalue weighted by Crippen LogP contribution is -2.55. The van der Waals surface area contributed by atoms with Gasteiger partial charge in [0, 0.05) is 13.1 Å². The molecule has 1 heterocycles. The van der Waals surface area contributed by atoms with Crippen molar-refractivity contribution in [3.8, 4) is 0 Å². The van der Waals surface area contributed by atoms with Gasteiger partial charge in [-0.3, -0.25) is 4.18 Å². The Morgan fingerprint density at radius 2 is 1.80 bits per heavy atom. The van der Waals surface area contributed by atoms with E-state index in [0.717, 1.165) is 6.26 Å². The Hall–Kier alpha value is -0.180. The second kappa shape index (κ2) is 4.36. The smallest absolute Gasteiger partial charge is 0.264 e. The fourth-order valence-electron chi connectivity index (χ4n) is 1.32. The highest BCUT2D eigenvalue weighted by Crippen LogP contribution is 2.18. The van der Waals surface area contributed by atoms with Crippen molar-refractivity contribution in [2.45, 2.75) is 19.4 Å². The normalized spacial score (nSPS) is 20.1. The molecule has 0 aliphatic carbocycles. The summed E-state index contributed by atoms with van der Waals surface area (Å²) in [6.45, 7) is 2.05. The van der Waals surface area contributed by atoms with Crippen LogP contribution >= 0.6 is 0 Å². The van der Waals surface area contributed by atoms with E-state index in [0.29, 0.717) is 6.42 Å². The number of sulfonamides is 1. The van der Waals surface area contributed by atoms with Gasteiger partial charge in [0.1, 0.15) is 6.10 Å². The van der Waals surface area contributed by atoms with Gasteiger partial charge in [0.25, 0.3) is 10.1 Å². The van der Waals surface area contributed by atoms with Gasteiger partial charge in [-0.05, 0) is 6.42 Å². The van der Waals surface area contributed by atoms with Crippen molar-refractivity contribution in [1.82, 2.24) is 4.31 Å². The molecule has 0 N–H and O–H groups in total. The lowest BCUT2D eigenvalue weighted by atomic mass is 10.2. The zero-order valence-electron chi connectivity index (χ0n) is 8.71. The van der Waals surface area contributed by atoms with Crippen LogP contribution in [0.25, 0.3) is 0 Å². The Bertz CT molecular complexity index is 407. The predicted octanol–water partition coefficient (Wildman–Crippen LogP) is -0.613. The third-order valence-electron chi connectivity index (χ3n) is 1.98. The molecule has 0 aromatic carbocycles. The van der Waals surface area contributed by atoms with E-state index >= 15 is 0 Å². The molecule has 0 radical (unpaired) electrons. The van der Waals surface area contributed by atoms with Crippen LogP contribution in [0.5, 0.6) is 0 Å². The molecular formula is C7H15NO5S2. The van der Waals surface area contributed by atoms with Gasteiger partial charge in [-0.25, -0.2) is 8.42 Å². The van der Waals surface area contributed by atoms with Crippen LogP contribution in [-0.4, -0.2) is 52.3 Å². The molecule has 1 aliphatic heterocycles. The Labute approximate surface area is 90.4 Å². The number of hydrogen-bond donors (Lipinski definition) is 0. The van der Waals surface area contributed by atoms with Gasteiger partial charge in [0.2, 0.25) is 10.0 Å². The summed E-state index contributed by atoms with van der Waals surface area (Å²) in [4.78, 5) is 0. The molecule has 0 unspecified atom stereocenters. The summed E-state index contributed by atoms with van der Waals surface area (Å²) in [6, 6.07) is 0. The number of nitrogens with zero attached hydrogens (tertiary/aromatic N) is 1. The summed E-state index contributed by atoms with van der Waals surface area (Å²) in [7, 11) is -6.69. The highest BCUT2D eigenvalue weighted by Gasteiger charge is 2.37. The molecular weight excluding hydrogens is 242 g/mol. The van der Waals surface area contributed by atoms with E-state index < -0.39 is 26.2 Å². The van der Waals surface area contributed by atoms with Crippen molar-refractivity contribution in [2.75, 3.05) is 25.1 Å². The maximum absolute atomic E-state index is 11.4. The van der Waals surface area contributed by atoms with Gasteiger partial charge in [-0.1, -0.05) is 6.92 Å². The average molecular weight is 257 g/mol. The molecule has 0 atom stereocenters. The van der Waals surface area contributed by atoms with E-state index in [1.54, 1.807) is 6.92 Å². The van der Waals surface area contributed by atoms with Crippen LogP contribution in [-0.2, 0) is 24.3 Å². The van der Waals surface area contributed by atoms with E-state index in [1.165, 1.54) is 4.31 Å². The van der Waals surface area contributed by atoms with E-state index in [4.69, 9.17) is 0 Å². The Kier molecular flexibility index (Phi) is 3.75. The van der Waals surface area contributed by atoms with Crippen LogP contribution in [0.1, 0.15) is 13.3 Å². The second-order valence-corrected chi connectivity index (χ2v) is 7.24. The Morgan fingerprint density at radius 1 is 1.27 bits per heavy atom. The minimum Gasteiger partial charge on any atom is -0.264 e. The Morgan fingerprint density at radius 3 is 2.20 bits per heavy atom. The van der Waals surface area contributed by atoms with Gasteiger partial charge >= 0.3 is 0 Å².